The number of rotatable bonds is 3. The predicted molar refractivity (Wildman–Crippen MR) is 65.1 cm³/mol. The van der Waals surface area contributed by atoms with Gasteiger partial charge in [0.25, 0.3) is 0 Å². The predicted octanol–water partition coefficient (Wildman–Crippen LogP) is -0.0327. The first-order chi connectivity index (χ1) is 7.93. The zero-order valence-corrected chi connectivity index (χ0v) is 10.7. The van der Waals surface area contributed by atoms with E-state index >= 15 is 0 Å². The highest BCUT2D eigenvalue weighted by Crippen LogP contribution is 2.23. The van der Waals surface area contributed by atoms with E-state index in [1.807, 2.05) is 18.7 Å². The van der Waals surface area contributed by atoms with Crippen LogP contribution >= 0.6 is 11.8 Å². The first-order valence-electron chi connectivity index (χ1n) is 5.50. The molecule has 3 unspecified atom stereocenters. The van der Waals surface area contributed by atoms with Crippen LogP contribution < -0.4 is 5.32 Å². The van der Waals surface area contributed by atoms with E-state index in [0.29, 0.717) is 11.8 Å². The lowest BCUT2D eigenvalue weighted by molar-refractivity contribution is -0.146. The molecule has 7 heteroatoms. The van der Waals surface area contributed by atoms with Crippen LogP contribution in [0.15, 0.2) is 0 Å². The Morgan fingerprint density at radius 2 is 2.18 bits per heavy atom. The maximum atomic E-state index is 11.8. The summed E-state index contributed by atoms with van der Waals surface area (Å²) in [7, 11) is 0. The Labute approximate surface area is 104 Å². The minimum Gasteiger partial charge on any atom is -0.479 e. The van der Waals surface area contributed by atoms with Crippen LogP contribution in [-0.4, -0.2) is 63.4 Å². The van der Waals surface area contributed by atoms with E-state index in [1.54, 1.807) is 4.90 Å². The Morgan fingerprint density at radius 1 is 1.53 bits per heavy atom. The lowest BCUT2D eigenvalue weighted by atomic mass is 10.2. The van der Waals surface area contributed by atoms with Gasteiger partial charge in [-0.3, -0.25) is 0 Å². The summed E-state index contributed by atoms with van der Waals surface area (Å²) in [5, 5.41) is 20.3. The lowest BCUT2D eigenvalue weighted by Crippen LogP contribution is -2.53. The Bertz CT molecular complexity index is 300. The molecule has 1 rings (SSSR count). The minimum atomic E-state index is -1.55. The van der Waals surface area contributed by atoms with Gasteiger partial charge in [-0.1, -0.05) is 6.92 Å². The van der Waals surface area contributed by atoms with E-state index in [2.05, 4.69) is 12.2 Å². The number of carboxylic acid groups (broad SMARTS) is 1. The molecule has 1 saturated heterocycles. The maximum Gasteiger partial charge on any atom is 0.334 e. The van der Waals surface area contributed by atoms with E-state index in [4.69, 9.17) is 10.2 Å². The molecular formula is C10H18N2O4S. The fourth-order valence-corrected chi connectivity index (χ4v) is 2.69. The molecule has 1 aliphatic rings. The van der Waals surface area contributed by atoms with Crippen LogP contribution in [-0.2, 0) is 4.79 Å². The summed E-state index contributed by atoms with van der Waals surface area (Å²) in [6.07, 6.45) is -1.55. The van der Waals surface area contributed by atoms with Gasteiger partial charge < -0.3 is 20.4 Å². The third kappa shape index (κ3) is 3.78. The van der Waals surface area contributed by atoms with Crippen molar-refractivity contribution < 1.29 is 19.8 Å². The number of hydrogen-bond donors (Lipinski definition) is 3. The van der Waals surface area contributed by atoms with Gasteiger partial charge in [0, 0.05) is 23.6 Å². The van der Waals surface area contributed by atoms with Crippen LogP contribution in [0.4, 0.5) is 4.79 Å². The second-order valence-corrected chi connectivity index (χ2v) is 5.54. The van der Waals surface area contributed by atoms with Gasteiger partial charge in [0.2, 0.25) is 0 Å². The van der Waals surface area contributed by atoms with E-state index in [9.17, 15) is 9.59 Å². The number of urea groups is 1. The highest BCUT2D eigenvalue weighted by atomic mass is 32.2. The molecule has 1 fully saturated rings. The summed E-state index contributed by atoms with van der Waals surface area (Å²) in [6, 6.07) is -0.208. The molecule has 0 saturated carbocycles. The van der Waals surface area contributed by atoms with Gasteiger partial charge in [0.1, 0.15) is 0 Å². The van der Waals surface area contributed by atoms with Crippen molar-refractivity contribution in [2.24, 2.45) is 0 Å². The number of carbonyl (C=O) groups excluding carboxylic acids is 1. The lowest BCUT2D eigenvalue weighted by Gasteiger charge is -2.37. The van der Waals surface area contributed by atoms with E-state index in [0.717, 1.165) is 5.75 Å². The number of nitrogens with zero attached hydrogens (tertiary/aromatic N) is 1. The van der Waals surface area contributed by atoms with Gasteiger partial charge in [-0.15, -0.1) is 0 Å². The van der Waals surface area contributed by atoms with Crippen LogP contribution in [0.3, 0.4) is 0 Å². The Balaban J connectivity index is 2.44. The van der Waals surface area contributed by atoms with Crippen LogP contribution in [0, 0.1) is 0 Å². The molecule has 98 valence electrons. The summed E-state index contributed by atoms with van der Waals surface area (Å²) >= 11 is 1.81. The Morgan fingerprint density at radius 3 is 2.76 bits per heavy atom. The third-order valence-electron chi connectivity index (χ3n) is 2.88. The van der Waals surface area contributed by atoms with Crippen molar-refractivity contribution in [2.75, 3.05) is 18.8 Å². The summed E-state index contributed by atoms with van der Waals surface area (Å²) in [6.45, 7) is 4.40. The molecular weight excluding hydrogens is 244 g/mol. The quantitative estimate of drug-likeness (QED) is 0.664. The highest BCUT2D eigenvalue weighted by molar-refractivity contribution is 8.00. The molecule has 0 aromatic heterocycles. The van der Waals surface area contributed by atoms with Crippen LogP contribution in [0.25, 0.3) is 0 Å². The van der Waals surface area contributed by atoms with E-state index < -0.39 is 12.1 Å². The van der Waals surface area contributed by atoms with Crippen LogP contribution in [0.1, 0.15) is 13.8 Å². The second-order valence-electron chi connectivity index (χ2n) is 4.05. The summed E-state index contributed by atoms with van der Waals surface area (Å²) < 4.78 is 0. The van der Waals surface area contributed by atoms with Crippen molar-refractivity contribution in [3.63, 3.8) is 0 Å². The molecule has 0 spiro atoms. The SMILES string of the molecule is CC1SCCN(C(=O)NCC(O)C(=O)O)C1C. The average Bonchev–Trinajstić information content (AvgIpc) is 2.29. The molecule has 1 heterocycles. The van der Waals surface area contributed by atoms with E-state index in [-0.39, 0.29) is 18.6 Å². The average molecular weight is 262 g/mol. The number of aliphatic hydroxyl groups is 1. The normalized spacial score (nSPS) is 26.4. The monoisotopic (exact) mass is 262 g/mol. The second kappa shape index (κ2) is 6.11. The number of hydrogen-bond acceptors (Lipinski definition) is 4. The van der Waals surface area contributed by atoms with Gasteiger partial charge in [-0.2, -0.15) is 11.8 Å². The minimum absolute atomic E-state index is 0.107. The molecule has 0 radical (unpaired) electrons. The molecule has 0 aromatic carbocycles. The van der Waals surface area contributed by atoms with Crippen LogP contribution in [0.5, 0.6) is 0 Å². The molecule has 0 aliphatic carbocycles. The molecule has 1 aliphatic heterocycles. The summed E-state index contributed by atoms with van der Waals surface area (Å²) in [5.41, 5.74) is 0. The zero-order chi connectivity index (χ0) is 13.0. The number of thioether (sulfide) groups is 1. The molecule has 0 bridgehead atoms. The Kier molecular flexibility index (Phi) is 5.07. The van der Waals surface area contributed by atoms with Crippen LogP contribution in [0.2, 0.25) is 0 Å². The molecule has 17 heavy (non-hydrogen) atoms. The van der Waals surface area contributed by atoms with Gasteiger partial charge in [-0.25, -0.2) is 9.59 Å². The molecule has 2 amide bonds. The third-order valence-corrected chi connectivity index (χ3v) is 4.21. The number of aliphatic hydroxyl groups excluding tert-OH is 1. The van der Waals surface area contributed by atoms with Gasteiger partial charge >= 0.3 is 12.0 Å². The molecule has 6 nitrogen and oxygen atoms in total. The van der Waals surface area contributed by atoms with E-state index in [1.165, 1.54) is 0 Å². The number of carboxylic acids is 1. The number of aliphatic carboxylic acids is 1. The standard InChI is InChI=1S/C10H18N2O4S/c1-6-7(2)17-4-3-12(6)10(16)11-5-8(13)9(14)15/h6-8,13H,3-5H2,1-2H3,(H,11,16)(H,14,15). The van der Waals surface area contributed by atoms with Gasteiger partial charge in [-0.05, 0) is 6.92 Å². The largest absolute Gasteiger partial charge is 0.479 e. The molecule has 3 atom stereocenters. The van der Waals surface area contributed by atoms with Crippen molar-refractivity contribution in [1.82, 2.24) is 10.2 Å². The summed E-state index contributed by atoms with van der Waals surface area (Å²) in [5.74, 6) is -0.457. The number of nitrogens with one attached hydrogen (secondary N) is 1. The van der Waals surface area contributed by atoms with Crippen molar-refractivity contribution in [3.05, 3.63) is 0 Å². The Hall–Kier alpha value is -0.950. The van der Waals surface area contributed by atoms with Crippen molar-refractivity contribution in [3.8, 4) is 0 Å². The smallest absolute Gasteiger partial charge is 0.334 e. The number of amides is 2. The van der Waals surface area contributed by atoms with Gasteiger partial charge in [0.05, 0.1) is 6.54 Å². The number of carbonyl (C=O) groups is 2. The summed E-state index contributed by atoms with van der Waals surface area (Å²) in [4.78, 5) is 23.8. The zero-order valence-electron chi connectivity index (χ0n) is 9.92. The van der Waals surface area contributed by atoms with Crippen molar-refractivity contribution in [2.45, 2.75) is 31.2 Å². The topological polar surface area (TPSA) is 89.9 Å². The molecule has 3 N–H and O–H groups in total. The molecule has 0 aromatic rings. The highest BCUT2D eigenvalue weighted by Gasteiger charge is 2.29. The van der Waals surface area contributed by atoms with Crippen molar-refractivity contribution >= 4 is 23.8 Å². The fourth-order valence-electron chi connectivity index (χ4n) is 1.59. The maximum absolute atomic E-state index is 11.8. The first kappa shape index (κ1) is 14.1. The first-order valence-corrected chi connectivity index (χ1v) is 6.55. The van der Waals surface area contributed by atoms with Gasteiger partial charge in [0.15, 0.2) is 6.10 Å². The van der Waals surface area contributed by atoms with Crippen molar-refractivity contribution in [1.29, 1.82) is 0 Å². The fraction of sp³-hybridized carbons (Fsp3) is 0.800.